The van der Waals surface area contributed by atoms with Crippen LogP contribution in [0.25, 0.3) is 0 Å². The maximum atomic E-state index is 11.7. The van der Waals surface area contributed by atoms with Crippen molar-refractivity contribution < 1.29 is 39.1 Å². The molecule has 0 aliphatic carbocycles. The Hall–Kier alpha value is -1.48. The molecule has 1 fully saturated rings. The molecule has 0 radical (unpaired) electrons. The quantitative estimate of drug-likeness (QED) is 0.329. The molecule has 8 heteroatoms. The van der Waals surface area contributed by atoms with Gasteiger partial charge in [0.2, 0.25) is 0 Å². The minimum absolute atomic E-state index is 0.0515. The fourth-order valence-corrected chi connectivity index (χ4v) is 2.09. The predicted molar refractivity (Wildman–Crippen MR) is 73.2 cm³/mol. The number of ether oxygens (including phenoxy) is 3. The van der Waals surface area contributed by atoms with Crippen LogP contribution in [0.3, 0.4) is 0 Å². The highest BCUT2D eigenvalue weighted by Gasteiger charge is 2.44. The molecule has 0 bridgehead atoms. The second-order valence-electron chi connectivity index (χ2n) is 5.03. The lowest BCUT2D eigenvalue weighted by Crippen LogP contribution is -2.57. The average molecular weight is 318 g/mol. The number of esters is 2. The van der Waals surface area contributed by atoms with Crippen molar-refractivity contribution in [3.8, 4) is 0 Å². The number of carbonyl (C=O) groups is 2. The van der Waals surface area contributed by atoms with Gasteiger partial charge in [-0.25, -0.2) is 0 Å². The number of unbranched alkanes of at least 4 members (excludes halogenated alkanes) is 1. The second kappa shape index (κ2) is 8.84. The Labute approximate surface area is 128 Å². The van der Waals surface area contributed by atoms with E-state index in [1.807, 2.05) is 0 Å². The number of hydrogen-bond acceptors (Lipinski definition) is 8. The molecule has 1 rings (SSSR count). The molecule has 0 saturated carbocycles. The van der Waals surface area contributed by atoms with Gasteiger partial charge in [-0.2, -0.15) is 0 Å². The molecule has 1 unspecified atom stereocenters. The van der Waals surface area contributed by atoms with E-state index in [1.54, 1.807) is 0 Å². The first kappa shape index (κ1) is 18.6. The van der Waals surface area contributed by atoms with Gasteiger partial charge < -0.3 is 29.5 Å². The molecule has 1 aliphatic heterocycles. The summed E-state index contributed by atoms with van der Waals surface area (Å²) in [4.78, 5) is 22.7. The van der Waals surface area contributed by atoms with Gasteiger partial charge in [-0.3, -0.25) is 9.59 Å². The third-order valence-corrected chi connectivity index (χ3v) is 3.29. The topological polar surface area (TPSA) is 123 Å². The summed E-state index contributed by atoms with van der Waals surface area (Å²) >= 11 is 0. The van der Waals surface area contributed by atoms with Gasteiger partial charge >= 0.3 is 11.9 Å². The van der Waals surface area contributed by atoms with Gasteiger partial charge in [-0.05, 0) is 19.8 Å². The normalized spacial score (nSPS) is 31.4. The molecule has 1 aliphatic rings. The lowest BCUT2D eigenvalue weighted by atomic mass is 10.00. The Morgan fingerprint density at radius 1 is 1.14 bits per heavy atom. The summed E-state index contributed by atoms with van der Waals surface area (Å²) in [6.45, 7) is 4.77. The molecule has 22 heavy (non-hydrogen) atoms. The minimum Gasteiger partial charge on any atom is -0.457 e. The lowest BCUT2D eigenvalue weighted by molar-refractivity contribution is -0.281. The Morgan fingerprint density at radius 2 is 1.73 bits per heavy atom. The van der Waals surface area contributed by atoms with Crippen LogP contribution in [0, 0.1) is 0 Å². The number of aliphatic hydroxyl groups is 3. The Bertz CT molecular complexity index is 396. The lowest BCUT2D eigenvalue weighted by Gasteiger charge is -2.38. The van der Waals surface area contributed by atoms with Crippen LogP contribution in [-0.2, 0) is 23.8 Å². The van der Waals surface area contributed by atoms with Crippen molar-refractivity contribution in [2.24, 2.45) is 0 Å². The van der Waals surface area contributed by atoms with Crippen molar-refractivity contribution in [2.75, 3.05) is 0 Å². The number of aliphatic hydroxyl groups excluding tert-OH is 3. The van der Waals surface area contributed by atoms with Gasteiger partial charge in [-0.15, -0.1) is 0 Å². The van der Waals surface area contributed by atoms with E-state index in [2.05, 4.69) is 11.3 Å². The van der Waals surface area contributed by atoms with Crippen LogP contribution < -0.4 is 0 Å². The van der Waals surface area contributed by atoms with E-state index in [0.29, 0.717) is 12.8 Å². The van der Waals surface area contributed by atoms with Crippen molar-refractivity contribution in [3.05, 3.63) is 12.8 Å². The first-order chi connectivity index (χ1) is 10.4. The van der Waals surface area contributed by atoms with Crippen molar-refractivity contribution in [2.45, 2.75) is 63.3 Å². The molecule has 8 nitrogen and oxygen atoms in total. The van der Waals surface area contributed by atoms with E-state index < -0.39 is 42.6 Å². The van der Waals surface area contributed by atoms with Gasteiger partial charge in [-0.1, -0.05) is 6.58 Å². The molecule has 1 saturated heterocycles. The number of carbonyl (C=O) groups excluding carboxylic acids is 2. The molecule has 5 atom stereocenters. The molecular formula is C14H22O8. The molecular weight excluding hydrogens is 296 g/mol. The maximum absolute atomic E-state index is 11.7. The van der Waals surface area contributed by atoms with E-state index in [4.69, 9.17) is 9.47 Å². The summed E-state index contributed by atoms with van der Waals surface area (Å²) in [5.41, 5.74) is 0. The molecule has 0 spiro atoms. The number of rotatable bonds is 7. The van der Waals surface area contributed by atoms with E-state index in [1.165, 1.54) is 6.92 Å². The zero-order valence-corrected chi connectivity index (χ0v) is 12.4. The van der Waals surface area contributed by atoms with Crippen LogP contribution in [-0.4, -0.2) is 58.0 Å². The summed E-state index contributed by atoms with van der Waals surface area (Å²) in [6.07, 6.45) is -4.18. The molecule has 0 amide bonds. The summed E-state index contributed by atoms with van der Waals surface area (Å²) in [6, 6.07) is 0. The van der Waals surface area contributed by atoms with Crippen LogP contribution in [0.4, 0.5) is 0 Å². The van der Waals surface area contributed by atoms with Crippen LogP contribution in [0.1, 0.15) is 32.6 Å². The van der Waals surface area contributed by atoms with Gasteiger partial charge in [0.15, 0.2) is 12.4 Å². The Kier molecular flexibility index (Phi) is 7.46. The van der Waals surface area contributed by atoms with Crippen LogP contribution in [0.2, 0.25) is 0 Å². The molecule has 126 valence electrons. The molecule has 0 aromatic heterocycles. The Balaban J connectivity index is 2.32. The average Bonchev–Trinajstić information content (AvgIpc) is 2.46. The Morgan fingerprint density at radius 3 is 2.32 bits per heavy atom. The summed E-state index contributed by atoms with van der Waals surface area (Å²) in [7, 11) is 0. The highest BCUT2D eigenvalue weighted by molar-refractivity contribution is 5.71. The summed E-state index contributed by atoms with van der Waals surface area (Å²) in [5.74, 6) is -1.01. The van der Waals surface area contributed by atoms with Crippen molar-refractivity contribution >= 4 is 11.9 Å². The summed E-state index contributed by atoms with van der Waals surface area (Å²) < 4.78 is 14.6. The summed E-state index contributed by atoms with van der Waals surface area (Å²) in [5, 5.41) is 28.6. The fraction of sp³-hybridized carbons (Fsp3) is 0.714. The van der Waals surface area contributed by atoms with Crippen molar-refractivity contribution in [1.29, 1.82) is 0 Å². The second-order valence-corrected chi connectivity index (χ2v) is 5.03. The highest BCUT2D eigenvalue weighted by atomic mass is 16.7. The van der Waals surface area contributed by atoms with Gasteiger partial charge in [0, 0.05) is 12.8 Å². The smallest absolute Gasteiger partial charge is 0.310 e. The van der Waals surface area contributed by atoms with Crippen molar-refractivity contribution in [3.63, 3.8) is 0 Å². The minimum atomic E-state index is -1.54. The third-order valence-electron chi connectivity index (χ3n) is 3.29. The van der Waals surface area contributed by atoms with E-state index >= 15 is 0 Å². The number of hydrogen-bond donors (Lipinski definition) is 3. The van der Waals surface area contributed by atoms with E-state index in [-0.39, 0.29) is 12.8 Å². The van der Waals surface area contributed by atoms with Gasteiger partial charge in [0.1, 0.15) is 12.2 Å². The standard InChI is InChI=1S/C14H22O8/c1-3-20-9(15)6-4-5-7-10(16)22-13-8(2)21-14(19)12(18)11(13)17/h3,8,11-14,17-19H,1,4-7H2,2H3/t8-,11-,12+,13-,14?/m1/s1. The van der Waals surface area contributed by atoms with Gasteiger partial charge in [0.25, 0.3) is 0 Å². The van der Waals surface area contributed by atoms with Gasteiger partial charge in [0.05, 0.1) is 12.4 Å². The zero-order valence-electron chi connectivity index (χ0n) is 12.4. The van der Waals surface area contributed by atoms with Crippen molar-refractivity contribution in [1.82, 2.24) is 0 Å². The maximum Gasteiger partial charge on any atom is 0.310 e. The predicted octanol–water partition coefficient (Wildman–Crippen LogP) is -0.396. The highest BCUT2D eigenvalue weighted by Crippen LogP contribution is 2.22. The van der Waals surface area contributed by atoms with Crippen LogP contribution in [0.5, 0.6) is 0 Å². The molecule has 3 N–H and O–H groups in total. The molecule has 0 aromatic carbocycles. The van der Waals surface area contributed by atoms with Crippen LogP contribution >= 0.6 is 0 Å². The first-order valence-corrected chi connectivity index (χ1v) is 7.06. The largest absolute Gasteiger partial charge is 0.457 e. The SMILES string of the molecule is C=COC(=O)CCCCC(=O)O[C@H]1[C@H](O)[C@H](O)C(O)O[C@@H]1C. The van der Waals surface area contributed by atoms with Crippen LogP contribution in [0.15, 0.2) is 12.8 Å². The fourth-order valence-electron chi connectivity index (χ4n) is 2.09. The van der Waals surface area contributed by atoms with E-state index in [9.17, 15) is 24.9 Å². The monoisotopic (exact) mass is 318 g/mol. The van der Waals surface area contributed by atoms with E-state index in [0.717, 1.165) is 6.26 Å². The molecule has 1 heterocycles. The first-order valence-electron chi connectivity index (χ1n) is 7.06. The zero-order chi connectivity index (χ0) is 16.7. The molecule has 0 aromatic rings. The third kappa shape index (κ3) is 5.38.